The highest BCUT2D eigenvalue weighted by molar-refractivity contribution is 5.83. The van der Waals surface area contributed by atoms with Crippen LogP contribution < -0.4 is 0 Å². The minimum atomic E-state index is 0.366. The van der Waals surface area contributed by atoms with Crippen molar-refractivity contribution >= 4 is 5.78 Å². The number of hydrogen-bond donors (Lipinski definition) is 0. The number of likely N-dealkylation sites (N-methyl/N-ethyl adjacent to an activating group) is 1. The van der Waals surface area contributed by atoms with Crippen molar-refractivity contribution in [2.75, 3.05) is 52.9 Å². The summed E-state index contributed by atoms with van der Waals surface area (Å²) in [5.74, 6) is 0.909. The third-order valence-corrected chi connectivity index (χ3v) is 5.53. The predicted octanol–water partition coefficient (Wildman–Crippen LogP) is 1.07. The van der Waals surface area contributed by atoms with Gasteiger partial charge in [0.25, 0.3) is 0 Å². The van der Waals surface area contributed by atoms with Crippen molar-refractivity contribution < 1.29 is 4.79 Å². The third kappa shape index (κ3) is 3.23. The number of carbonyl (C=O) groups excluding carboxylic acids is 1. The average molecular weight is 279 g/mol. The maximum atomic E-state index is 12.0. The van der Waals surface area contributed by atoms with E-state index in [2.05, 4.69) is 21.7 Å². The van der Waals surface area contributed by atoms with Gasteiger partial charge in [0.2, 0.25) is 0 Å². The van der Waals surface area contributed by atoms with Crippen LogP contribution in [0.2, 0.25) is 0 Å². The monoisotopic (exact) mass is 279 g/mol. The lowest BCUT2D eigenvalue weighted by molar-refractivity contribution is -0.122. The van der Waals surface area contributed by atoms with Gasteiger partial charge in [0.05, 0.1) is 0 Å². The molecule has 3 fully saturated rings. The number of Topliss-reactive ketones (excluding diaryl/α,β-unsaturated/α-hetero) is 1. The van der Waals surface area contributed by atoms with E-state index in [1.807, 2.05) is 0 Å². The van der Waals surface area contributed by atoms with Crippen molar-refractivity contribution in [2.24, 2.45) is 5.92 Å². The van der Waals surface area contributed by atoms with Gasteiger partial charge in [-0.15, -0.1) is 0 Å². The molecule has 0 aromatic rings. The molecule has 3 aliphatic rings. The SMILES string of the molecule is CN1CCN(CCN2CCCC2C2CCCC2=O)CC1. The lowest BCUT2D eigenvalue weighted by Crippen LogP contribution is -2.48. The fourth-order valence-corrected chi connectivity index (χ4v) is 4.18. The van der Waals surface area contributed by atoms with Gasteiger partial charge in [-0.05, 0) is 39.3 Å². The molecule has 0 radical (unpaired) electrons. The van der Waals surface area contributed by atoms with E-state index in [1.54, 1.807) is 0 Å². The topological polar surface area (TPSA) is 26.8 Å². The van der Waals surface area contributed by atoms with E-state index in [9.17, 15) is 4.79 Å². The number of likely N-dealkylation sites (tertiary alicyclic amines) is 1. The molecule has 1 aliphatic carbocycles. The Labute approximate surface area is 123 Å². The van der Waals surface area contributed by atoms with Crippen LogP contribution >= 0.6 is 0 Å². The van der Waals surface area contributed by atoms with Crippen molar-refractivity contribution in [3.05, 3.63) is 0 Å². The van der Waals surface area contributed by atoms with Crippen LogP contribution in [0.5, 0.6) is 0 Å². The molecule has 0 aromatic carbocycles. The fourth-order valence-electron chi connectivity index (χ4n) is 4.18. The first kappa shape index (κ1) is 14.5. The van der Waals surface area contributed by atoms with E-state index in [1.165, 1.54) is 52.1 Å². The van der Waals surface area contributed by atoms with Crippen LogP contribution in [0.3, 0.4) is 0 Å². The Kier molecular flexibility index (Phi) is 4.74. The van der Waals surface area contributed by atoms with Crippen LogP contribution in [0.4, 0.5) is 0 Å². The van der Waals surface area contributed by atoms with E-state index in [-0.39, 0.29) is 0 Å². The molecule has 2 unspecified atom stereocenters. The van der Waals surface area contributed by atoms with Crippen molar-refractivity contribution in [1.82, 2.24) is 14.7 Å². The van der Waals surface area contributed by atoms with Gasteiger partial charge >= 0.3 is 0 Å². The second-order valence-electron chi connectivity index (χ2n) is 6.86. The van der Waals surface area contributed by atoms with E-state index in [0.717, 1.165) is 25.8 Å². The van der Waals surface area contributed by atoms with Crippen molar-refractivity contribution in [3.8, 4) is 0 Å². The van der Waals surface area contributed by atoms with Crippen LogP contribution in [0.15, 0.2) is 0 Å². The van der Waals surface area contributed by atoms with E-state index >= 15 is 0 Å². The molecular weight excluding hydrogens is 250 g/mol. The minimum Gasteiger partial charge on any atom is -0.304 e. The molecule has 114 valence electrons. The summed E-state index contributed by atoms with van der Waals surface area (Å²) in [6.07, 6.45) is 5.66. The van der Waals surface area contributed by atoms with Crippen LogP contribution in [0.1, 0.15) is 32.1 Å². The first-order chi connectivity index (χ1) is 9.74. The fraction of sp³-hybridized carbons (Fsp3) is 0.938. The molecule has 0 spiro atoms. The molecule has 0 bridgehead atoms. The molecule has 1 saturated carbocycles. The second kappa shape index (κ2) is 6.54. The van der Waals surface area contributed by atoms with Crippen molar-refractivity contribution in [2.45, 2.75) is 38.1 Å². The average Bonchev–Trinajstić information content (AvgIpc) is 3.06. The van der Waals surface area contributed by atoms with Gasteiger partial charge in [-0.1, -0.05) is 0 Å². The quantitative estimate of drug-likeness (QED) is 0.769. The van der Waals surface area contributed by atoms with Gasteiger partial charge in [-0.25, -0.2) is 0 Å². The maximum absolute atomic E-state index is 12.0. The van der Waals surface area contributed by atoms with E-state index in [0.29, 0.717) is 17.7 Å². The molecular formula is C16H29N3O. The van der Waals surface area contributed by atoms with Gasteiger partial charge in [0.1, 0.15) is 5.78 Å². The summed E-state index contributed by atoms with van der Waals surface area (Å²) in [4.78, 5) is 19.6. The number of ketones is 1. The lowest BCUT2D eigenvalue weighted by Gasteiger charge is -2.35. The van der Waals surface area contributed by atoms with Gasteiger partial charge < -0.3 is 4.90 Å². The number of hydrogen-bond acceptors (Lipinski definition) is 4. The molecule has 20 heavy (non-hydrogen) atoms. The first-order valence-corrected chi connectivity index (χ1v) is 8.42. The Morgan fingerprint density at radius 2 is 1.80 bits per heavy atom. The van der Waals surface area contributed by atoms with Crippen LogP contribution in [-0.2, 0) is 4.79 Å². The normalized spacial score (nSPS) is 34.1. The number of piperazine rings is 1. The molecule has 2 atom stereocenters. The highest BCUT2D eigenvalue weighted by Crippen LogP contribution is 2.33. The molecule has 2 heterocycles. The number of rotatable bonds is 4. The minimum absolute atomic E-state index is 0.366. The molecule has 2 aliphatic heterocycles. The van der Waals surface area contributed by atoms with Crippen molar-refractivity contribution in [3.63, 3.8) is 0 Å². The lowest BCUT2D eigenvalue weighted by atomic mass is 9.95. The standard InChI is InChI=1S/C16H29N3O/c1-17-8-10-18(11-9-17)12-13-19-7-3-5-15(19)14-4-2-6-16(14)20/h14-15H,2-13H2,1H3. The summed E-state index contributed by atoms with van der Waals surface area (Å²) in [7, 11) is 2.21. The molecule has 3 rings (SSSR count). The zero-order valence-electron chi connectivity index (χ0n) is 12.9. The first-order valence-electron chi connectivity index (χ1n) is 8.42. The Bertz CT molecular complexity index is 339. The zero-order valence-corrected chi connectivity index (χ0v) is 12.9. The highest BCUT2D eigenvalue weighted by atomic mass is 16.1. The second-order valence-corrected chi connectivity index (χ2v) is 6.86. The summed E-state index contributed by atoms with van der Waals surface area (Å²) < 4.78 is 0. The summed E-state index contributed by atoms with van der Waals surface area (Å²) in [5.41, 5.74) is 0. The number of carbonyl (C=O) groups is 1. The molecule has 4 heteroatoms. The van der Waals surface area contributed by atoms with E-state index in [4.69, 9.17) is 0 Å². The Morgan fingerprint density at radius 1 is 1.00 bits per heavy atom. The summed E-state index contributed by atoms with van der Waals surface area (Å²) in [6.45, 7) is 8.37. The Balaban J connectivity index is 1.48. The van der Waals surface area contributed by atoms with Crippen LogP contribution in [0.25, 0.3) is 0 Å². The summed E-state index contributed by atoms with van der Waals surface area (Å²) >= 11 is 0. The smallest absolute Gasteiger partial charge is 0.137 e. The molecule has 0 amide bonds. The largest absolute Gasteiger partial charge is 0.304 e. The molecule has 4 nitrogen and oxygen atoms in total. The van der Waals surface area contributed by atoms with Gasteiger partial charge in [-0.2, -0.15) is 0 Å². The molecule has 0 N–H and O–H groups in total. The van der Waals surface area contributed by atoms with Gasteiger partial charge in [-0.3, -0.25) is 14.6 Å². The zero-order chi connectivity index (χ0) is 13.9. The van der Waals surface area contributed by atoms with Gasteiger partial charge in [0, 0.05) is 57.6 Å². The van der Waals surface area contributed by atoms with Crippen LogP contribution in [0, 0.1) is 5.92 Å². The summed E-state index contributed by atoms with van der Waals surface area (Å²) in [5, 5.41) is 0. The molecule has 0 aromatic heterocycles. The molecule has 2 saturated heterocycles. The Morgan fingerprint density at radius 3 is 2.50 bits per heavy atom. The number of nitrogens with zero attached hydrogens (tertiary/aromatic N) is 3. The van der Waals surface area contributed by atoms with Gasteiger partial charge in [0.15, 0.2) is 0 Å². The maximum Gasteiger partial charge on any atom is 0.137 e. The third-order valence-electron chi connectivity index (χ3n) is 5.53. The summed E-state index contributed by atoms with van der Waals surface area (Å²) in [6, 6.07) is 0.567. The Hall–Kier alpha value is -0.450. The van der Waals surface area contributed by atoms with E-state index < -0.39 is 0 Å². The highest BCUT2D eigenvalue weighted by Gasteiger charge is 2.37. The predicted molar refractivity (Wildman–Crippen MR) is 80.9 cm³/mol. The van der Waals surface area contributed by atoms with Crippen LogP contribution in [-0.4, -0.2) is 79.4 Å². The van der Waals surface area contributed by atoms with Crippen molar-refractivity contribution in [1.29, 1.82) is 0 Å².